The van der Waals surface area contributed by atoms with Gasteiger partial charge in [-0.2, -0.15) is 0 Å². The van der Waals surface area contributed by atoms with Crippen LogP contribution in [-0.2, 0) is 19.1 Å². The Labute approximate surface area is 189 Å². The Morgan fingerprint density at radius 3 is 2.58 bits per heavy atom. The summed E-state index contributed by atoms with van der Waals surface area (Å²) >= 11 is 0. The summed E-state index contributed by atoms with van der Waals surface area (Å²) in [6.45, 7) is 1.73. The average Bonchev–Trinajstić information content (AvgIpc) is 3.31. The number of nitrogens with one attached hydrogen (secondary N) is 1. The van der Waals surface area contributed by atoms with Crippen molar-refractivity contribution < 1.29 is 37.4 Å². The van der Waals surface area contributed by atoms with Crippen molar-refractivity contribution in [3.63, 3.8) is 0 Å². The summed E-state index contributed by atoms with van der Waals surface area (Å²) in [5, 5.41) is 2.13. The van der Waals surface area contributed by atoms with Crippen LogP contribution in [-0.4, -0.2) is 67.5 Å². The molecule has 4 atom stereocenters. The number of amides is 4. The quantitative estimate of drug-likeness (QED) is 0.585. The minimum absolute atomic E-state index is 0.125. The van der Waals surface area contributed by atoms with E-state index >= 15 is 4.39 Å². The smallest absolute Gasteiger partial charge is 0.331 e. The fourth-order valence-corrected chi connectivity index (χ4v) is 4.35. The molecule has 0 saturated carbocycles. The zero-order valence-corrected chi connectivity index (χ0v) is 18.0. The maximum atomic E-state index is 15.2. The van der Waals surface area contributed by atoms with Gasteiger partial charge in [-0.05, 0) is 31.0 Å². The number of alkyl halides is 1. The molecule has 3 fully saturated rings. The van der Waals surface area contributed by atoms with E-state index in [1.165, 1.54) is 12.1 Å². The molecular weight excluding hydrogens is 440 g/mol. The van der Waals surface area contributed by atoms with Crippen molar-refractivity contribution in [2.75, 3.05) is 26.4 Å². The number of ether oxygens (including phenoxy) is 3. The molecule has 0 aliphatic carbocycles. The van der Waals surface area contributed by atoms with Crippen LogP contribution in [0.4, 0.5) is 13.6 Å². The van der Waals surface area contributed by atoms with E-state index < -0.39 is 54.3 Å². The molecule has 11 heteroatoms. The molecule has 33 heavy (non-hydrogen) atoms. The van der Waals surface area contributed by atoms with Gasteiger partial charge in [-0.1, -0.05) is 0 Å². The molecule has 4 amide bonds. The van der Waals surface area contributed by atoms with Crippen molar-refractivity contribution in [1.82, 2.24) is 10.2 Å². The second kappa shape index (κ2) is 10.1. The van der Waals surface area contributed by atoms with Gasteiger partial charge in [0.1, 0.15) is 29.8 Å². The van der Waals surface area contributed by atoms with Crippen LogP contribution < -0.4 is 15.8 Å². The van der Waals surface area contributed by atoms with Crippen LogP contribution in [0.1, 0.15) is 37.3 Å². The van der Waals surface area contributed by atoms with Gasteiger partial charge < -0.3 is 19.9 Å². The van der Waals surface area contributed by atoms with E-state index in [2.05, 4.69) is 5.32 Å². The number of barbiturate groups is 1. The first kappa shape index (κ1) is 23.5. The first-order chi connectivity index (χ1) is 15.8. The maximum Gasteiger partial charge on any atom is 0.331 e. The normalized spacial score (nSPS) is 26.3. The van der Waals surface area contributed by atoms with Crippen molar-refractivity contribution in [1.29, 1.82) is 0 Å². The highest BCUT2D eigenvalue weighted by atomic mass is 19.1. The molecule has 9 nitrogen and oxygen atoms in total. The third kappa shape index (κ3) is 5.15. The Morgan fingerprint density at radius 1 is 1.15 bits per heavy atom. The summed E-state index contributed by atoms with van der Waals surface area (Å²) in [7, 11) is 0. The number of nitrogens with zero attached hydrogens (tertiary/aromatic N) is 1. The molecule has 3 saturated heterocycles. The molecule has 3 unspecified atom stereocenters. The summed E-state index contributed by atoms with van der Waals surface area (Å²) in [6.07, 6.45) is -1.14. The van der Waals surface area contributed by atoms with Crippen molar-refractivity contribution in [2.24, 2.45) is 11.7 Å². The molecule has 3 N–H and O–H groups in total. The number of rotatable bonds is 7. The van der Waals surface area contributed by atoms with Crippen LogP contribution in [0, 0.1) is 11.7 Å². The van der Waals surface area contributed by atoms with E-state index in [1.807, 2.05) is 0 Å². The second-order valence-corrected chi connectivity index (χ2v) is 8.46. The van der Waals surface area contributed by atoms with E-state index in [1.54, 1.807) is 0 Å². The molecule has 1 aromatic carbocycles. The molecular formula is C22H27F2N3O6. The molecule has 3 aliphatic heterocycles. The monoisotopic (exact) mass is 467 g/mol. The van der Waals surface area contributed by atoms with Crippen LogP contribution in [0.2, 0.25) is 0 Å². The SMILES string of the molecule is NC(c1cc(O[C@@H]2CCOC2)ccc1F)C(F)CC1C(=O)NC(=O)N(C2CCOCC2)C1=O. The van der Waals surface area contributed by atoms with Crippen molar-refractivity contribution in [3.8, 4) is 5.75 Å². The fraction of sp³-hybridized carbons (Fsp3) is 0.591. The number of halogens is 2. The van der Waals surface area contributed by atoms with Crippen LogP contribution in [0.25, 0.3) is 0 Å². The molecule has 180 valence electrons. The topological polar surface area (TPSA) is 120 Å². The third-order valence-corrected chi connectivity index (χ3v) is 6.22. The van der Waals surface area contributed by atoms with Gasteiger partial charge in [0, 0.05) is 37.7 Å². The lowest BCUT2D eigenvalue weighted by molar-refractivity contribution is -0.146. The highest BCUT2D eigenvalue weighted by Gasteiger charge is 2.45. The van der Waals surface area contributed by atoms with E-state index in [-0.39, 0.29) is 11.7 Å². The highest BCUT2D eigenvalue weighted by Crippen LogP contribution is 2.31. The first-order valence-corrected chi connectivity index (χ1v) is 11.0. The summed E-state index contributed by atoms with van der Waals surface area (Å²) < 4.78 is 45.9. The standard InChI is InChI=1S/C22H27F2N3O6/c23-17-2-1-13(33-14-5-8-32-11-14)9-15(17)19(25)18(24)10-16-20(28)26-22(30)27(21(16)29)12-3-6-31-7-4-12/h1-2,9,12,14,16,18-19H,3-8,10-11,25H2,(H,26,28,30)/t14-,16?,18?,19?/m1/s1. The number of carbonyl (C=O) groups is 3. The summed E-state index contributed by atoms with van der Waals surface area (Å²) in [6, 6.07) is 1.19. The van der Waals surface area contributed by atoms with E-state index in [0.29, 0.717) is 51.4 Å². The molecule has 0 radical (unpaired) electrons. The minimum Gasteiger partial charge on any atom is -0.488 e. The van der Waals surface area contributed by atoms with Gasteiger partial charge in [-0.15, -0.1) is 0 Å². The first-order valence-electron chi connectivity index (χ1n) is 11.0. The van der Waals surface area contributed by atoms with Gasteiger partial charge in [0.25, 0.3) is 0 Å². The summed E-state index contributed by atoms with van der Waals surface area (Å²) in [5.74, 6) is -3.50. The number of hydrogen-bond acceptors (Lipinski definition) is 7. The highest BCUT2D eigenvalue weighted by molar-refractivity contribution is 6.16. The van der Waals surface area contributed by atoms with Gasteiger partial charge in [0.05, 0.1) is 19.3 Å². The summed E-state index contributed by atoms with van der Waals surface area (Å²) in [4.78, 5) is 38.5. The van der Waals surface area contributed by atoms with Gasteiger partial charge in [0.15, 0.2) is 0 Å². The lowest BCUT2D eigenvalue weighted by Gasteiger charge is -2.37. The second-order valence-electron chi connectivity index (χ2n) is 8.46. The van der Waals surface area contributed by atoms with Gasteiger partial charge >= 0.3 is 6.03 Å². The minimum atomic E-state index is -1.92. The van der Waals surface area contributed by atoms with E-state index in [4.69, 9.17) is 19.9 Å². The molecule has 0 bridgehead atoms. The van der Waals surface area contributed by atoms with Gasteiger partial charge in [0.2, 0.25) is 11.8 Å². The lowest BCUT2D eigenvalue weighted by Crippen LogP contribution is -2.62. The molecule has 1 aromatic rings. The Kier molecular flexibility index (Phi) is 7.20. The van der Waals surface area contributed by atoms with Crippen molar-refractivity contribution in [2.45, 2.75) is 50.0 Å². The Morgan fingerprint density at radius 2 is 1.88 bits per heavy atom. The maximum absolute atomic E-state index is 15.2. The number of nitrogens with two attached hydrogens (primary N) is 1. The molecule has 0 aromatic heterocycles. The van der Waals surface area contributed by atoms with Crippen LogP contribution in [0.5, 0.6) is 5.75 Å². The molecule has 4 rings (SSSR count). The molecule has 3 heterocycles. The van der Waals surface area contributed by atoms with E-state index in [0.717, 1.165) is 11.0 Å². The van der Waals surface area contributed by atoms with E-state index in [9.17, 15) is 18.8 Å². The van der Waals surface area contributed by atoms with Crippen molar-refractivity contribution >= 4 is 17.8 Å². The fourth-order valence-electron chi connectivity index (χ4n) is 4.35. The average molecular weight is 467 g/mol. The van der Waals surface area contributed by atoms with Crippen LogP contribution in [0.3, 0.4) is 0 Å². The predicted molar refractivity (Wildman–Crippen MR) is 110 cm³/mol. The number of benzene rings is 1. The van der Waals surface area contributed by atoms with Crippen LogP contribution >= 0.6 is 0 Å². The number of imide groups is 2. The Balaban J connectivity index is 1.46. The summed E-state index contributed by atoms with van der Waals surface area (Å²) in [5.41, 5.74) is 5.87. The predicted octanol–water partition coefficient (Wildman–Crippen LogP) is 1.59. The lowest BCUT2D eigenvalue weighted by atomic mass is 9.91. The molecule has 3 aliphatic rings. The Hall–Kier alpha value is -2.63. The zero-order chi connectivity index (χ0) is 23.5. The number of carbonyl (C=O) groups excluding carboxylic acids is 3. The van der Waals surface area contributed by atoms with Gasteiger partial charge in [-0.25, -0.2) is 13.6 Å². The third-order valence-electron chi connectivity index (χ3n) is 6.22. The van der Waals surface area contributed by atoms with Gasteiger partial charge in [-0.3, -0.25) is 19.8 Å². The largest absolute Gasteiger partial charge is 0.488 e. The number of urea groups is 1. The number of hydrogen-bond donors (Lipinski definition) is 2. The Bertz CT molecular complexity index is 904. The van der Waals surface area contributed by atoms with Crippen LogP contribution in [0.15, 0.2) is 18.2 Å². The van der Waals surface area contributed by atoms with Crippen molar-refractivity contribution in [3.05, 3.63) is 29.6 Å². The molecule has 0 spiro atoms. The zero-order valence-electron chi connectivity index (χ0n) is 18.0.